The van der Waals surface area contributed by atoms with Crippen LogP contribution in [0.25, 0.3) is 0 Å². The molecule has 2 amide bonds. The maximum absolute atomic E-state index is 11.1. The molecule has 0 aromatic carbocycles. The van der Waals surface area contributed by atoms with Crippen molar-refractivity contribution in [3.8, 4) is 0 Å². The van der Waals surface area contributed by atoms with Crippen LogP contribution < -0.4 is 0 Å². The molecule has 0 fully saturated rings. The van der Waals surface area contributed by atoms with E-state index in [0.29, 0.717) is 0 Å². The summed E-state index contributed by atoms with van der Waals surface area (Å²) in [6.45, 7) is -0.0981. The maximum Gasteiger partial charge on any atom is 0.312 e. The van der Waals surface area contributed by atoms with Gasteiger partial charge in [-0.05, 0) is 0 Å². The first-order valence-corrected chi connectivity index (χ1v) is 4.00. The summed E-state index contributed by atoms with van der Waals surface area (Å²) in [5, 5.41) is 8.33. The van der Waals surface area contributed by atoms with Gasteiger partial charge in [-0.3, -0.25) is 14.4 Å². The van der Waals surface area contributed by atoms with Gasteiger partial charge in [-0.2, -0.15) is 0 Å². The first-order valence-electron chi connectivity index (χ1n) is 4.00. The molecular weight excluding hydrogens is 188 g/mol. The minimum Gasteiger partial charge on any atom is -0.481 e. The Morgan fingerprint density at radius 1 is 1.07 bits per heavy atom. The van der Waals surface area contributed by atoms with E-state index in [1.54, 1.807) is 14.1 Å². The Bertz CT molecular complexity index is 250. The molecule has 0 aliphatic carbocycles. The predicted octanol–water partition coefficient (Wildman–Crippen LogP) is -0.992. The van der Waals surface area contributed by atoms with E-state index in [1.165, 1.54) is 11.9 Å². The first kappa shape index (κ1) is 12.4. The first-order chi connectivity index (χ1) is 6.34. The number of rotatable bonds is 4. The lowest BCUT2D eigenvalue weighted by atomic mass is 10.3. The summed E-state index contributed by atoms with van der Waals surface area (Å²) in [5.41, 5.74) is 0. The molecule has 0 aromatic heterocycles. The number of hydrogen-bond acceptors (Lipinski definition) is 3. The molecule has 0 radical (unpaired) electrons. The topological polar surface area (TPSA) is 77.9 Å². The Hall–Kier alpha value is -1.59. The summed E-state index contributed by atoms with van der Waals surface area (Å²) < 4.78 is 0. The summed E-state index contributed by atoms with van der Waals surface area (Å²) in [5.74, 6) is -2.02. The number of hydrogen-bond donors (Lipinski definition) is 1. The highest BCUT2D eigenvalue weighted by atomic mass is 16.4. The molecule has 0 rings (SSSR count). The molecule has 0 unspecified atom stereocenters. The Morgan fingerprint density at radius 3 is 1.93 bits per heavy atom. The van der Waals surface area contributed by atoms with E-state index in [2.05, 4.69) is 0 Å². The van der Waals surface area contributed by atoms with Gasteiger partial charge in [0.1, 0.15) is 6.42 Å². The van der Waals surface area contributed by atoms with Crippen molar-refractivity contribution in [3.05, 3.63) is 0 Å². The Kier molecular flexibility index (Phi) is 4.62. The second-order valence-corrected chi connectivity index (χ2v) is 3.11. The Labute approximate surface area is 82.1 Å². The van der Waals surface area contributed by atoms with Gasteiger partial charge in [-0.25, -0.2) is 0 Å². The van der Waals surface area contributed by atoms with Crippen molar-refractivity contribution in [1.82, 2.24) is 9.80 Å². The largest absolute Gasteiger partial charge is 0.481 e. The molecule has 6 heteroatoms. The van der Waals surface area contributed by atoms with Crippen molar-refractivity contribution in [1.29, 1.82) is 0 Å². The summed E-state index contributed by atoms with van der Waals surface area (Å²) >= 11 is 0. The fraction of sp³-hybridized carbons (Fsp3) is 0.625. The summed E-state index contributed by atoms with van der Waals surface area (Å²) in [6.07, 6.45) is -0.586. The van der Waals surface area contributed by atoms with Crippen molar-refractivity contribution in [2.24, 2.45) is 0 Å². The van der Waals surface area contributed by atoms with Crippen molar-refractivity contribution in [2.45, 2.75) is 6.42 Å². The van der Waals surface area contributed by atoms with Crippen molar-refractivity contribution in [2.75, 3.05) is 27.7 Å². The van der Waals surface area contributed by atoms with Crippen LogP contribution in [0.1, 0.15) is 6.42 Å². The highest BCUT2D eigenvalue weighted by molar-refractivity contribution is 5.94. The van der Waals surface area contributed by atoms with E-state index in [9.17, 15) is 14.4 Å². The molecule has 0 saturated heterocycles. The van der Waals surface area contributed by atoms with E-state index >= 15 is 0 Å². The number of carboxylic acid groups (broad SMARTS) is 1. The van der Waals surface area contributed by atoms with E-state index in [-0.39, 0.29) is 12.5 Å². The van der Waals surface area contributed by atoms with Crippen LogP contribution in [0.15, 0.2) is 0 Å². The van der Waals surface area contributed by atoms with Crippen LogP contribution in [0.3, 0.4) is 0 Å². The van der Waals surface area contributed by atoms with Crippen LogP contribution in [0.2, 0.25) is 0 Å². The van der Waals surface area contributed by atoms with Gasteiger partial charge >= 0.3 is 5.97 Å². The number of carboxylic acids is 1. The summed E-state index contributed by atoms with van der Waals surface area (Å²) in [4.78, 5) is 34.8. The predicted molar refractivity (Wildman–Crippen MR) is 48.6 cm³/mol. The van der Waals surface area contributed by atoms with Crippen LogP contribution in [0.5, 0.6) is 0 Å². The summed E-state index contributed by atoms with van der Waals surface area (Å²) in [6, 6.07) is 0. The van der Waals surface area contributed by atoms with Gasteiger partial charge in [0.15, 0.2) is 0 Å². The van der Waals surface area contributed by atoms with Gasteiger partial charge < -0.3 is 14.9 Å². The minimum absolute atomic E-state index is 0.0981. The van der Waals surface area contributed by atoms with Crippen LogP contribution in [-0.4, -0.2) is 60.4 Å². The molecule has 0 saturated carbocycles. The van der Waals surface area contributed by atoms with Crippen molar-refractivity contribution in [3.63, 3.8) is 0 Å². The smallest absolute Gasteiger partial charge is 0.312 e. The SMILES string of the molecule is CN(C)C(=O)CN(C)C(=O)CC(=O)O. The lowest BCUT2D eigenvalue weighted by molar-refractivity contribution is -0.146. The zero-order valence-corrected chi connectivity index (χ0v) is 8.48. The molecule has 0 aliphatic heterocycles. The number of nitrogens with zero attached hydrogens (tertiary/aromatic N) is 2. The second kappa shape index (κ2) is 5.21. The molecule has 0 aliphatic rings. The highest BCUT2D eigenvalue weighted by Crippen LogP contribution is 1.92. The molecule has 0 aromatic rings. The van der Waals surface area contributed by atoms with Crippen molar-refractivity contribution >= 4 is 17.8 Å². The van der Waals surface area contributed by atoms with Crippen LogP contribution in [-0.2, 0) is 14.4 Å². The molecule has 1 N–H and O–H groups in total. The molecule has 14 heavy (non-hydrogen) atoms. The summed E-state index contributed by atoms with van der Waals surface area (Å²) in [7, 11) is 4.53. The van der Waals surface area contributed by atoms with Gasteiger partial charge in [-0.1, -0.05) is 0 Å². The van der Waals surface area contributed by atoms with E-state index in [1.807, 2.05) is 0 Å². The maximum atomic E-state index is 11.1. The number of likely N-dealkylation sites (N-methyl/N-ethyl adjacent to an activating group) is 2. The molecular formula is C8H14N2O4. The fourth-order valence-corrected chi connectivity index (χ4v) is 0.697. The third kappa shape index (κ3) is 4.44. The van der Waals surface area contributed by atoms with Gasteiger partial charge in [0.05, 0.1) is 6.54 Å². The van der Waals surface area contributed by atoms with Crippen LogP contribution in [0.4, 0.5) is 0 Å². The normalized spacial score (nSPS) is 9.36. The number of aliphatic carboxylic acids is 1. The van der Waals surface area contributed by atoms with E-state index in [4.69, 9.17) is 5.11 Å². The minimum atomic E-state index is -1.20. The number of carbonyl (C=O) groups is 3. The lowest BCUT2D eigenvalue weighted by Gasteiger charge is -2.18. The third-order valence-corrected chi connectivity index (χ3v) is 1.60. The molecule has 0 heterocycles. The molecule has 80 valence electrons. The van der Waals surface area contributed by atoms with Gasteiger partial charge in [0, 0.05) is 21.1 Å². The zero-order valence-electron chi connectivity index (χ0n) is 8.48. The molecule has 0 spiro atoms. The number of carbonyl (C=O) groups excluding carboxylic acids is 2. The molecule has 0 atom stereocenters. The molecule has 0 bridgehead atoms. The standard InChI is InChI=1S/C8H14N2O4/c1-9(2)7(12)5-10(3)6(11)4-8(13)14/h4-5H2,1-3H3,(H,13,14). The highest BCUT2D eigenvalue weighted by Gasteiger charge is 2.16. The average Bonchev–Trinajstić information content (AvgIpc) is 2.02. The Balaban J connectivity index is 4.08. The Morgan fingerprint density at radius 2 is 1.57 bits per heavy atom. The van der Waals surface area contributed by atoms with Gasteiger partial charge in [-0.15, -0.1) is 0 Å². The fourth-order valence-electron chi connectivity index (χ4n) is 0.697. The van der Waals surface area contributed by atoms with E-state index < -0.39 is 18.3 Å². The third-order valence-electron chi connectivity index (χ3n) is 1.60. The molecule has 6 nitrogen and oxygen atoms in total. The van der Waals surface area contributed by atoms with Gasteiger partial charge in [0.2, 0.25) is 11.8 Å². The van der Waals surface area contributed by atoms with E-state index in [0.717, 1.165) is 4.90 Å². The van der Waals surface area contributed by atoms with Crippen LogP contribution in [0, 0.1) is 0 Å². The zero-order chi connectivity index (χ0) is 11.3. The monoisotopic (exact) mass is 202 g/mol. The van der Waals surface area contributed by atoms with Crippen LogP contribution >= 0.6 is 0 Å². The number of amides is 2. The second-order valence-electron chi connectivity index (χ2n) is 3.11. The van der Waals surface area contributed by atoms with Gasteiger partial charge in [0.25, 0.3) is 0 Å². The lowest BCUT2D eigenvalue weighted by Crippen LogP contribution is -2.38. The van der Waals surface area contributed by atoms with Crippen molar-refractivity contribution < 1.29 is 19.5 Å². The quantitative estimate of drug-likeness (QED) is 0.593. The average molecular weight is 202 g/mol.